The topological polar surface area (TPSA) is 108 Å². The van der Waals surface area contributed by atoms with E-state index in [-0.39, 0.29) is 11.2 Å². The summed E-state index contributed by atoms with van der Waals surface area (Å²) in [4.78, 5) is 20.9. The predicted molar refractivity (Wildman–Crippen MR) is 41.7 cm³/mol. The Balaban J connectivity index is 0.00000144. The minimum atomic E-state index is -1.14. The number of hydrogen-bond donors (Lipinski definition) is 1. The standard InChI is InChI=1S/C7H6O5.H2O/c8-5-1-2-11-3-6(5)12-4-7(9)10;/h1-3H,4H2,(H,9,10);1H2. The lowest BCUT2D eigenvalue weighted by Gasteiger charge is -1.98. The average molecular weight is 188 g/mol. The van der Waals surface area contributed by atoms with Crippen molar-refractivity contribution in [2.24, 2.45) is 0 Å². The molecule has 0 aliphatic rings. The molecule has 1 aromatic heterocycles. The van der Waals surface area contributed by atoms with Gasteiger partial charge >= 0.3 is 5.97 Å². The molecule has 0 aliphatic heterocycles. The van der Waals surface area contributed by atoms with Crippen LogP contribution < -0.4 is 10.2 Å². The normalized spacial score (nSPS) is 8.62. The van der Waals surface area contributed by atoms with E-state index in [1.165, 1.54) is 6.26 Å². The fourth-order valence-electron chi connectivity index (χ4n) is 0.587. The van der Waals surface area contributed by atoms with E-state index in [1.54, 1.807) is 0 Å². The van der Waals surface area contributed by atoms with Gasteiger partial charge in [-0.15, -0.1) is 0 Å². The third-order valence-corrected chi connectivity index (χ3v) is 1.07. The van der Waals surface area contributed by atoms with E-state index in [1.807, 2.05) is 0 Å². The minimum absolute atomic E-state index is 0. The van der Waals surface area contributed by atoms with Crippen molar-refractivity contribution >= 4 is 5.97 Å². The predicted octanol–water partition coefficient (Wildman–Crippen LogP) is -0.721. The van der Waals surface area contributed by atoms with Crippen LogP contribution in [0.4, 0.5) is 0 Å². The van der Waals surface area contributed by atoms with E-state index in [9.17, 15) is 9.59 Å². The Morgan fingerprint density at radius 1 is 1.62 bits per heavy atom. The fourth-order valence-corrected chi connectivity index (χ4v) is 0.587. The molecular weight excluding hydrogens is 180 g/mol. The second kappa shape index (κ2) is 4.94. The summed E-state index contributed by atoms with van der Waals surface area (Å²) in [5.41, 5.74) is -0.400. The fraction of sp³-hybridized carbons (Fsp3) is 0.143. The molecule has 0 saturated carbocycles. The number of hydrogen-bond acceptors (Lipinski definition) is 4. The summed E-state index contributed by atoms with van der Waals surface area (Å²) in [5.74, 6) is -1.24. The first kappa shape index (κ1) is 11.2. The van der Waals surface area contributed by atoms with Gasteiger partial charge in [-0.3, -0.25) is 4.79 Å². The maximum absolute atomic E-state index is 10.9. The molecule has 0 unspecified atom stereocenters. The molecule has 72 valence electrons. The average Bonchev–Trinajstić information content (AvgIpc) is 2.03. The molecule has 0 atom stereocenters. The zero-order valence-corrected chi connectivity index (χ0v) is 6.52. The van der Waals surface area contributed by atoms with E-state index in [4.69, 9.17) is 5.11 Å². The van der Waals surface area contributed by atoms with Crippen molar-refractivity contribution in [1.82, 2.24) is 0 Å². The SMILES string of the molecule is O.O=C(O)COc1coccc1=O. The largest absolute Gasteiger partial charge is 0.479 e. The smallest absolute Gasteiger partial charge is 0.341 e. The molecule has 0 fully saturated rings. The van der Waals surface area contributed by atoms with Gasteiger partial charge in [-0.05, 0) is 0 Å². The summed E-state index contributed by atoms with van der Waals surface area (Å²) in [7, 11) is 0. The van der Waals surface area contributed by atoms with Crippen LogP contribution in [-0.2, 0) is 4.79 Å². The molecule has 0 aliphatic carbocycles. The Morgan fingerprint density at radius 3 is 2.85 bits per heavy atom. The maximum atomic E-state index is 10.9. The Labute approximate surface area is 72.7 Å². The molecule has 0 saturated heterocycles. The van der Waals surface area contributed by atoms with E-state index >= 15 is 0 Å². The second-order valence-electron chi connectivity index (χ2n) is 1.97. The van der Waals surface area contributed by atoms with E-state index in [2.05, 4.69) is 9.15 Å². The van der Waals surface area contributed by atoms with E-state index in [0.29, 0.717) is 0 Å². The summed E-state index contributed by atoms with van der Waals surface area (Å²) >= 11 is 0. The van der Waals surface area contributed by atoms with Gasteiger partial charge in [0.1, 0.15) is 6.26 Å². The minimum Gasteiger partial charge on any atom is -0.479 e. The number of carboxylic acids is 1. The molecule has 0 radical (unpaired) electrons. The van der Waals surface area contributed by atoms with Crippen LogP contribution >= 0.6 is 0 Å². The zero-order valence-electron chi connectivity index (χ0n) is 6.52. The highest BCUT2D eigenvalue weighted by atomic mass is 16.5. The molecule has 3 N–H and O–H groups in total. The zero-order chi connectivity index (χ0) is 8.97. The quantitative estimate of drug-likeness (QED) is 0.673. The molecule has 1 heterocycles. The van der Waals surface area contributed by atoms with Crippen LogP contribution in [-0.4, -0.2) is 23.2 Å². The molecule has 6 nitrogen and oxygen atoms in total. The molecular formula is C7H8O6. The molecule has 0 spiro atoms. The molecule has 0 amide bonds. The second-order valence-corrected chi connectivity index (χ2v) is 1.97. The number of carbonyl (C=O) groups is 1. The molecule has 0 bridgehead atoms. The third-order valence-electron chi connectivity index (χ3n) is 1.07. The van der Waals surface area contributed by atoms with Crippen LogP contribution in [0, 0.1) is 0 Å². The van der Waals surface area contributed by atoms with Gasteiger partial charge in [0.05, 0.1) is 6.26 Å². The van der Waals surface area contributed by atoms with Crippen LogP contribution in [0.2, 0.25) is 0 Å². The van der Waals surface area contributed by atoms with Gasteiger partial charge in [-0.1, -0.05) is 0 Å². The molecule has 1 rings (SSSR count). The lowest BCUT2D eigenvalue weighted by Crippen LogP contribution is -2.13. The summed E-state index contributed by atoms with van der Waals surface area (Å²) in [6.07, 6.45) is 2.25. The lowest BCUT2D eigenvalue weighted by atomic mass is 10.5. The van der Waals surface area contributed by atoms with Gasteiger partial charge in [0.25, 0.3) is 0 Å². The first-order chi connectivity index (χ1) is 5.70. The highest BCUT2D eigenvalue weighted by molar-refractivity contribution is 5.68. The number of aliphatic carboxylic acids is 1. The van der Waals surface area contributed by atoms with Gasteiger partial charge < -0.3 is 19.7 Å². The molecule has 0 aromatic carbocycles. The van der Waals surface area contributed by atoms with Crippen molar-refractivity contribution in [2.45, 2.75) is 0 Å². The monoisotopic (exact) mass is 188 g/mol. The Kier molecular flexibility index (Phi) is 4.25. The van der Waals surface area contributed by atoms with Crippen molar-refractivity contribution in [3.63, 3.8) is 0 Å². The van der Waals surface area contributed by atoms with Crippen LogP contribution in [0.3, 0.4) is 0 Å². The number of rotatable bonds is 3. The van der Waals surface area contributed by atoms with Gasteiger partial charge in [0, 0.05) is 6.07 Å². The van der Waals surface area contributed by atoms with Crippen molar-refractivity contribution in [2.75, 3.05) is 6.61 Å². The summed E-state index contributed by atoms with van der Waals surface area (Å²) in [6, 6.07) is 1.15. The first-order valence-corrected chi connectivity index (χ1v) is 3.11. The summed E-state index contributed by atoms with van der Waals surface area (Å²) < 4.78 is 9.20. The first-order valence-electron chi connectivity index (χ1n) is 3.11. The van der Waals surface area contributed by atoms with Crippen molar-refractivity contribution in [3.8, 4) is 5.75 Å². The maximum Gasteiger partial charge on any atom is 0.341 e. The Bertz CT molecular complexity index is 328. The number of ether oxygens (including phenoxy) is 1. The molecule has 1 aromatic rings. The summed E-state index contributed by atoms with van der Waals surface area (Å²) in [6.45, 7) is -0.547. The number of carboxylic acid groups (broad SMARTS) is 1. The van der Waals surface area contributed by atoms with Gasteiger partial charge in [0.15, 0.2) is 6.61 Å². The van der Waals surface area contributed by atoms with Crippen LogP contribution in [0.5, 0.6) is 5.75 Å². The Morgan fingerprint density at radius 2 is 2.31 bits per heavy atom. The van der Waals surface area contributed by atoms with Crippen LogP contribution in [0.15, 0.2) is 27.8 Å². The highest BCUT2D eigenvalue weighted by Gasteiger charge is 2.02. The van der Waals surface area contributed by atoms with E-state index in [0.717, 1.165) is 12.3 Å². The van der Waals surface area contributed by atoms with Gasteiger partial charge in [-0.2, -0.15) is 0 Å². The van der Waals surface area contributed by atoms with Crippen LogP contribution in [0.1, 0.15) is 0 Å². The van der Waals surface area contributed by atoms with Crippen molar-refractivity contribution in [3.05, 3.63) is 28.8 Å². The van der Waals surface area contributed by atoms with Crippen molar-refractivity contribution < 1.29 is 24.5 Å². The third kappa shape index (κ3) is 3.39. The van der Waals surface area contributed by atoms with Gasteiger partial charge in [-0.25, -0.2) is 4.79 Å². The van der Waals surface area contributed by atoms with E-state index < -0.39 is 18.0 Å². The molecule has 13 heavy (non-hydrogen) atoms. The Hall–Kier alpha value is -1.82. The summed E-state index contributed by atoms with van der Waals surface area (Å²) in [5, 5.41) is 8.21. The van der Waals surface area contributed by atoms with Crippen molar-refractivity contribution in [1.29, 1.82) is 0 Å². The lowest BCUT2D eigenvalue weighted by molar-refractivity contribution is -0.139. The molecule has 6 heteroatoms. The van der Waals surface area contributed by atoms with Crippen LogP contribution in [0.25, 0.3) is 0 Å². The highest BCUT2D eigenvalue weighted by Crippen LogP contribution is 2.00. The van der Waals surface area contributed by atoms with Gasteiger partial charge in [0.2, 0.25) is 11.2 Å².